The summed E-state index contributed by atoms with van der Waals surface area (Å²) < 4.78 is 1.54. The maximum atomic E-state index is 12.2. The fourth-order valence-electron chi connectivity index (χ4n) is 2.54. The minimum Gasteiger partial charge on any atom is -0.325 e. The molecule has 6 heteroatoms. The lowest BCUT2D eigenvalue weighted by Crippen LogP contribution is -2.21. The highest BCUT2D eigenvalue weighted by molar-refractivity contribution is 7.99. The van der Waals surface area contributed by atoms with Crippen LogP contribution in [0, 0.1) is 0 Å². The molecule has 0 saturated heterocycles. The molecular weight excluding hydrogens is 380 g/mol. The van der Waals surface area contributed by atoms with Crippen LogP contribution in [0.4, 0.5) is 5.69 Å². The van der Waals surface area contributed by atoms with E-state index in [0.717, 1.165) is 10.5 Å². The zero-order valence-corrected chi connectivity index (χ0v) is 16.2. The third-order valence-electron chi connectivity index (χ3n) is 3.91. The minimum absolute atomic E-state index is 0.0821. The summed E-state index contributed by atoms with van der Waals surface area (Å²) in [5, 5.41) is 3.46. The van der Waals surface area contributed by atoms with Crippen LogP contribution in [0.2, 0.25) is 5.02 Å². The Morgan fingerprint density at radius 3 is 2.52 bits per heavy atom. The summed E-state index contributed by atoms with van der Waals surface area (Å²) in [5.41, 5.74) is 1.30. The maximum Gasteiger partial charge on any atom is 0.250 e. The van der Waals surface area contributed by atoms with Gasteiger partial charge in [-0.25, -0.2) is 0 Å². The molecule has 1 heterocycles. The summed E-state index contributed by atoms with van der Waals surface area (Å²) in [5.74, 6) is 0.608. The quantitative estimate of drug-likeness (QED) is 0.588. The largest absolute Gasteiger partial charge is 0.325 e. The van der Waals surface area contributed by atoms with E-state index >= 15 is 0 Å². The lowest BCUT2D eigenvalue weighted by atomic mass is 10.2. The number of carbonyl (C=O) groups is 1. The molecule has 0 spiro atoms. The van der Waals surface area contributed by atoms with Gasteiger partial charge in [-0.15, -0.1) is 11.8 Å². The average molecular weight is 399 g/mol. The number of amides is 1. The number of nitrogens with one attached hydrogen (secondary N) is 1. The number of nitrogens with zero attached hydrogens (tertiary/aromatic N) is 1. The minimum atomic E-state index is -0.146. The zero-order chi connectivity index (χ0) is 19.1. The molecule has 0 fully saturated rings. The molecular formula is C21H19ClN2O2S. The second-order valence-electron chi connectivity index (χ2n) is 5.94. The summed E-state index contributed by atoms with van der Waals surface area (Å²) in [7, 11) is 0. The van der Waals surface area contributed by atoms with Crippen LogP contribution in [0.15, 0.2) is 82.6 Å². The smallest absolute Gasteiger partial charge is 0.250 e. The number of carbonyl (C=O) groups excluding carboxylic acids is 1. The molecule has 0 radical (unpaired) electrons. The van der Waals surface area contributed by atoms with E-state index in [0.29, 0.717) is 29.4 Å². The van der Waals surface area contributed by atoms with Gasteiger partial charge in [0.15, 0.2) is 0 Å². The van der Waals surface area contributed by atoms with E-state index in [9.17, 15) is 9.59 Å². The highest BCUT2D eigenvalue weighted by atomic mass is 35.5. The number of halogens is 1. The van der Waals surface area contributed by atoms with Crippen molar-refractivity contribution in [2.75, 3.05) is 11.1 Å². The van der Waals surface area contributed by atoms with E-state index in [1.807, 2.05) is 48.5 Å². The molecule has 4 nitrogen and oxygen atoms in total. The molecule has 0 unspecified atom stereocenters. The highest BCUT2D eigenvalue weighted by Gasteiger charge is 2.07. The molecule has 0 atom stereocenters. The van der Waals surface area contributed by atoms with Crippen molar-refractivity contribution in [1.29, 1.82) is 0 Å². The first kappa shape index (κ1) is 19.3. The van der Waals surface area contributed by atoms with Crippen LogP contribution in [0.25, 0.3) is 0 Å². The van der Waals surface area contributed by atoms with Crippen molar-refractivity contribution in [2.45, 2.75) is 17.9 Å². The standard InChI is InChI=1S/C21H19ClN2O2S/c22-19-9-5-4-6-16(19)14-24-15-17(10-11-21(24)26)23-20(25)12-13-27-18-7-2-1-3-8-18/h1-11,15H,12-14H2,(H,23,25). The number of benzene rings is 2. The lowest BCUT2D eigenvalue weighted by Gasteiger charge is -2.10. The Morgan fingerprint density at radius 1 is 1.00 bits per heavy atom. The number of rotatable bonds is 7. The predicted molar refractivity (Wildman–Crippen MR) is 112 cm³/mol. The van der Waals surface area contributed by atoms with Gasteiger partial charge in [-0.05, 0) is 29.8 Å². The second kappa shape index (κ2) is 9.44. The van der Waals surface area contributed by atoms with Crippen molar-refractivity contribution in [1.82, 2.24) is 4.57 Å². The number of hydrogen-bond acceptors (Lipinski definition) is 3. The van der Waals surface area contributed by atoms with Crippen molar-refractivity contribution < 1.29 is 4.79 Å². The van der Waals surface area contributed by atoms with Gasteiger partial charge >= 0.3 is 0 Å². The Labute approximate surface area is 167 Å². The lowest BCUT2D eigenvalue weighted by molar-refractivity contribution is -0.115. The van der Waals surface area contributed by atoms with Crippen molar-refractivity contribution in [2.24, 2.45) is 0 Å². The van der Waals surface area contributed by atoms with Gasteiger partial charge < -0.3 is 9.88 Å². The fourth-order valence-corrected chi connectivity index (χ4v) is 3.61. The predicted octanol–water partition coefficient (Wildman–Crippen LogP) is 4.67. The van der Waals surface area contributed by atoms with Gasteiger partial charge in [0.1, 0.15) is 0 Å². The van der Waals surface area contributed by atoms with Gasteiger partial charge in [-0.2, -0.15) is 0 Å². The van der Waals surface area contributed by atoms with E-state index < -0.39 is 0 Å². The first-order valence-electron chi connectivity index (χ1n) is 8.53. The molecule has 0 aliphatic carbocycles. The van der Waals surface area contributed by atoms with Gasteiger partial charge in [0, 0.05) is 34.4 Å². The summed E-state index contributed by atoms with van der Waals surface area (Å²) in [6, 6.07) is 20.4. The molecule has 0 bridgehead atoms. The molecule has 3 rings (SSSR count). The van der Waals surface area contributed by atoms with Crippen LogP contribution in [0.5, 0.6) is 0 Å². The van der Waals surface area contributed by atoms with Gasteiger partial charge in [0.25, 0.3) is 5.56 Å². The van der Waals surface area contributed by atoms with Gasteiger partial charge in [-0.1, -0.05) is 48.0 Å². The summed E-state index contributed by atoms with van der Waals surface area (Å²) in [6.45, 7) is 0.353. The average Bonchev–Trinajstić information content (AvgIpc) is 2.67. The molecule has 27 heavy (non-hydrogen) atoms. The monoisotopic (exact) mass is 398 g/mol. The van der Waals surface area contributed by atoms with Crippen molar-refractivity contribution in [3.63, 3.8) is 0 Å². The number of aromatic nitrogens is 1. The Hall–Kier alpha value is -2.50. The van der Waals surface area contributed by atoms with E-state index in [1.54, 1.807) is 30.1 Å². The Morgan fingerprint density at radius 2 is 1.74 bits per heavy atom. The third-order valence-corrected chi connectivity index (χ3v) is 5.29. The first-order valence-corrected chi connectivity index (χ1v) is 9.90. The van der Waals surface area contributed by atoms with E-state index in [-0.39, 0.29) is 11.5 Å². The van der Waals surface area contributed by atoms with Crippen LogP contribution in [-0.4, -0.2) is 16.2 Å². The fraction of sp³-hybridized carbons (Fsp3) is 0.143. The van der Waals surface area contributed by atoms with Crippen molar-refractivity contribution >= 4 is 35.0 Å². The summed E-state index contributed by atoms with van der Waals surface area (Å²) in [4.78, 5) is 25.4. The van der Waals surface area contributed by atoms with Crippen LogP contribution >= 0.6 is 23.4 Å². The van der Waals surface area contributed by atoms with E-state index in [4.69, 9.17) is 11.6 Å². The molecule has 138 valence electrons. The third kappa shape index (κ3) is 5.74. The number of anilines is 1. The summed E-state index contributed by atoms with van der Waals surface area (Å²) >= 11 is 7.81. The Kier molecular flexibility index (Phi) is 6.74. The van der Waals surface area contributed by atoms with Crippen LogP contribution in [-0.2, 0) is 11.3 Å². The van der Waals surface area contributed by atoms with Gasteiger partial charge in [-0.3, -0.25) is 9.59 Å². The normalized spacial score (nSPS) is 10.6. The molecule has 3 aromatic rings. The Bertz CT molecular complexity index is 973. The topological polar surface area (TPSA) is 51.1 Å². The number of pyridine rings is 1. The van der Waals surface area contributed by atoms with E-state index in [2.05, 4.69) is 5.32 Å². The van der Waals surface area contributed by atoms with E-state index in [1.165, 1.54) is 10.6 Å². The van der Waals surface area contributed by atoms with Crippen LogP contribution in [0.3, 0.4) is 0 Å². The zero-order valence-electron chi connectivity index (χ0n) is 14.6. The molecule has 1 N–H and O–H groups in total. The molecule has 0 aliphatic rings. The Balaban J connectivity index is 1.59. The molecule has 0 saturated carbocycles. The van der Waals surface area contributed by atoms with Crippen molar-refractivity contribution in [3.05, 3.63) is 93.9 Å². The molecule has 1 amide bonds. The molecule has 2 aromatic carbocycles. The molecule has 0 aliphatic heterocycles. The molecule has 1 aromatic heterocycles. The number of thioether (sulfide) groups is 1. The van der Waals surface area contributed by atoms with Crippen LogP contribution < -0.4 is 10.9 Å². The number of hydrogen-bond donors (Lipinski definition) is 1. The first-order chi connectivity index (χ1) is 13.1. The SMILES string of the molecule is O=C(CCSc1ccccc1)Nc1ccc(=O)n(Cc2ccccc2Cl)c1. The van der Waals surface area contributed by atoms with Crippen LogP contribution in [0.1, 0.15) is 12.0 Å². The summed E-state index contributed by atoms with van der Waals surface area (Å²) in [6.07, 6.45) is 2.04. The second-order valence-corrected chi connectivity index (χ2v) is 7.51. The van der Waals surface area contributed by atoms with Gasteiger partial charge in [0.05, 0.1) is 12.2 Å². The van der Waals surface area contributed by atoms with Gasteiger partial charge in [0.2, 0.25) is 5.91 Å². The maximum absolute atomic E-state index is 12.2. The highest BCUT2D eigenvalue weighted by Crippen LogP contribution is 2.18. The van der Waals surface area contributed by atoms with Crippen molar-refractivity contribution in [3.8, 4) is 0 Å².